The molecule has 1 aliphatic heterocycles. The molecule has 1 fully saturated rings. The third-order valence-electron chi connectivity index (χ3n) is 4.74. The van der Waals surface area contributed by atoms with E-state index in [1.54, 1.807) is 26.8 Å². The number of β-amino-alcohol motifs (C(OH)–C–C–N with tert-alkyl or cyclic N) is 1. The second-order valence-corrected chi connectivity index (χ2v) is 8.88. The standard InChI is InChI=1S/C23H26F3N3O5/c1-22(2,3)34-21(32)27-12-14-9-18(23(24,25)26)28-19(10-14)33-17-6-4-5-15(11-17)20(31)29-8-7-16(30)13-29/h4-6,9-11,16,30H,7-8,12-13H2,1-3H3,(H,27,32)/t16-/m0/s1. The first-order chi connectivity index (χ1) is 15.8. The molecule has 0 radical (unpaired) electrons. The van der Waals surface area contributed by atoms with Crippen molar-refractivity contribution in [1.82, 2.24) is 15.2 Å². The molecule has 11 heteroatoms. The van der Waals surface area contributed by atoms with Crippen molar-refractivity contribution in [2.75, 3.05) is 13.1 Å². The van der Waals surface area contributed by atoms with Crippen LogP contribution >= 0.6 is 0 Å². The number of ether oxygens (including phenoxy) is 2. The number of halogens is 3. The van der Waals surface area contributed by atoms with Gasteiger partial charge in [0.05, 0.1) is 6.10 Å². The lowest BCUT2D eigenvalue weighted by atomic mass is 10.2. The minimum absolute atomic E-state index is 0.0986. The van der Waals surface area contributed by atoms with Gasteiger partial charge in [0.25, 0.3) is 5.91 Å². The number of alkyl halides is 3. The predicted octanol–water partition coefficient (Wildman–Crippen LogP) is 4.12. The van der Waals surface area contributed by atoms with Crippen LogP contribution in [-0.4, -0.2) is 51.8 Å². The first kappa shape index (κ1) is 25.3. The summed E-state index contributed by atoms with van der Waals surface area (Å²) in [5, 5.41) is 12.0. The highest BCUT2D eigenvalue weighted by molar-refractivity contribution is 5.94. The summed E-state index contributed by atoms with van der Waals surface area (Å²) in [7, 11) is 0. The fraction of sp³-hybridized carbons (Fsp3) is 0.435. The minimum Gasteiger partial charge on any atom is -0.444 e. The van der Waals surface area contributed by atoms with Gasteiger partial charge in [0, 0.05) is 31.3 Å². The number of hydrogen-bond acceptors (Lipinski definition) is 6. The molecule has 1 atom stereocenters. The third kappa shape index (κ3) is 7.08. The van der Waals surface area contributed by atoms with Crippen molar-refractivity contribution in [3.8, 4) is 11.6 Å². The number of carbonyl (C=O) groups excluding carboxylic acids is 2. The first-order valence-corrected chi connectivity index (χ1v) is 10.6. The largest absolute Gasteiger partial charge is 0.444 e. The van der Waals surface area contributed by atoms with Gasteiger partial charge in [-0.05, 0) is 57.0 Å². The highest BCUT2D eigenvalue weighted by Gasteiger charge is 2.33. The molecule has 0 spiro atoms. The molecule has 2 heterocycles. The molecule has 3 rings (SSSR count). The Hall–Kier alpha value is -3.34. The van der Waals surface area contributed by atoms with Crippen LogP contribution in [0, 0.1) is 0 Å². The van der Waals surface area contributed by atoms with E-state index in [0.29, 0.717) is 13.0 Å². The molecule has 1 aliphatic rings. The molecule has 1 saturated heterocycles. The van der Waals surface area contributed by atoms with E-state index in [2.05, 4.69) is 10.3 Å². The van der Waals surface area contributed by atoms with Gasteiger partial charge in [-0.2, -0.15) is 13.2 Å². The molecule has 184 valence electrons. The van der Waals surface area contributed by atoms with Crippen molar-refractivity contribution >= 4 is 12.0 Å². The van der Waals surface area contributed by atoms with E-state index < -0.39 is 29.7 Å². The Kier molecular flexibility index (Phi) is 7.35. The van der Waals surface area contributed by atoms with E-state index in [0.717, 1.165) is 6.07 Å². The molecule has 0 unspecified atom stereocenters. The van der Waals surface area contributed by atoms with Crippen LogP contribution in [0.3, 0.4) is 0 Å². The monoisotopic (exact) mass is 481 g/mol. The molecule has 0 bridgehead atoms. The van der Waals surface area contributed by atoms with Gasteiger partial charge >= 0.3 is 12.3 Å². The number of pyridine rings is 1. The molecule has 2 aromatic rings. The Morgan fingerprint density at radius 2 is 1.94 bits per heavy atom. The zero-order valence-corrected chi connectivity index (χ0v) is 19.0. The third-order valence-corrected chi connectivity index (χ3v) is 4.74. The van der Waals surface area contributed by atoms with Gasteiger partial charge in [-0.1, -0.05) is 6.07 Å². The highest BCUT2D eigenvalue weighted by atomic mass is 19.4. The Labute approximate surface area is 194 Å². The second-order valence-electron chi connectivity index (χ2n) is 8.88. The lowest BCUT2D eigenvalue weighted by molar-refractivity contribution is -0.141. The summed E-state index contributed by atoms with van der Waals surface area (Å²) in [5.41, 5.74) is -1.58. The number of amides is 2. The van der Waals surface area contributed by atoms with Crippen molar-refractivity contribution in [3.63, 3.8) is 0 Å². The number of carbonyl (C=O) groups is 2. The molecule has 0 saturated carbocycles. The van der Waals surface area contributed by atoms with Crippen molar-refractivity contribution < 1.29 is 37.3 Å². The van der Waals surface area contributed by atoms with Gasteiger partial charge in [0.1, 0.15) is 17.0 Å². The normalized spacial score (nSPS) is 16.3. The summed E-state index contributed by atoms with van der Waals surface area (Å²) in [6.07, 6.45) is -5.62. The number of nitrogens with one attached hydrogen (secondary N) is 1. The number of aliphatic hydroxyl groups excluding tert-OH is 1. The number of benzene rings is 1. The molecular weight excluding hydrogens is 455 g/mol. The fourth-order valence-corrected chi connectivity index (χ4v) is 3.27. The quantitative estimate of drug-likeness (QED) is 0.666. The zero-order valence-electron chi connectivity index (χ0n) is 19.0. The topological polar surface area (TPSA) is 101 Å². The van der Waals surface area contributed by atoms with Crippen LogP contribution in [0.4, 0.5) is 18.0 Å². The summed E-state index contributed by atoms with van der Waals surface area (Å²) < 4.78 is 50.8. The van der Waals surface area contributed by atoms with Crippen molar-refractivity contribution in [1.29, 1.82) is 0 Å². The number of aliphatic hydroxyl groups is 1. The number of alkyl carbamates (subject to hydrolysis) is 1. The predicted molar refractivity (Wildman–Crippen MR) is 115 cm³/mol. The Balaban J connectivity index is 1.79. The first-order valence-electron chi connectivity index (χ1n) is 10.6. The smallest absolute Gasteiger partial charge is 0.433 e. The van der Waals surface area contributed by atoms with Gasteiger partial charge in [-0.25, -0.2) is 9.78 Å². The SMILES string of the molecule is CC(C)(C)OC(=O)NCc1cc(Oc2cccc(C(=O)N3CC[C@H](O)C3)c2)nc(C(F)(F)F)c1. The van der Waals surface area contributed by atoms with Crippen LogP contribution < -0.4 is 10.1 Å². The molecular formula is C23H26F3N3O5. The summed E-state index contributed by atoms with van der Waals surface area (Å²) in [6, 6.07) is 8.04. The van der Waals surface area contributed by atoms with Gasteiger partial charge in [-0.15, -0.1) is 0 Å². The van der Waals surface area contributed by atoms with Crippen molar-refractivity contribution in [2.24, 2.45) is 0 Å². The summed E-state index contributed by atoms with van der Waals surface area (Å²) >= 11 is 0. The van der Waals surface area contributed by atoms with Gasteiger partial charge in [0.2, 0.25) is 5.88 Å². The fourth-order valence-electron chi connectivity index (χ4n) is 3.27. The summed E-state index contributed by atoms with van der Waals surface area (Å²) in [4.78, 5) is 29.5. The second kappa shape index (κ2) is 9.88. The molecule has 8 nitrogen and oxygen atoms in total. The van der Waals surface area contributed by atoms with E-state index >= 15 is 0 Å². The average molecular weight is 481 g/mol. The molecule has 0 aliphatic carbocycles. The maximum atomic E-state index is 13.4. The van der Waals surface area contributed by atoms with E-state index in [1.807, 2.05) is 0 Å². The van der Waals surface area contributed by atoms with Gasteiger partial charge < -0.3 is 24.8 Å². The van der Waals surface area contributed by atoms with E-state index in [4.69, 9.17) is 9.47 Å². The van der Waals surface area contributed by atoms with Crippen LogP contribution in [0.2, 0.25) is 0 Å². The van der Waals surface area contributed by atoms with Crippen LogP contribution in [0.5, 0.6) is 11.6 Å². The maximum absolute atomic E-state index is 13.4. The number of nitrogens with zero attached hydrogens (tertiary/aromatic N) is 2. The van der Waals surface area contributed by atoms with Crippen molar-refractivity contribution in [3.05, 3.63) is 53.2 Å². The van der Waals surface area contributed by atoms with Crippen LogP contribution in [0.15, 0.2) is 36.4 Å². The van der Waals surface area contributed by atoms with E-state index in [1.165, 1.54) is 29.2 Å². The zero-order chi connectivity index (χ0) is 25.1. The molecule has 1 aromatic heterocycles. The Morgan fingerprint density at radius 1 is 1.21 bits per heavy atom. The molecule has 34 heavy (non-hydrogen) atoms. The highest BCUT2D eigenvalue weighted by Crippen LogP contribution is 2.31. The van der Waals surface area contributed by atoms with Crippen LogP contribution in [0.1, 0.15) is 48.8 Å². The molecule has 2 amide bonds. The Bertz CT molecular complexity index is 1050. The van der Waals surface area contributed by atoms with Crippen LogP contribution in [0.25, 0.3) is 0 Å². The molecule has 1 aromatic carbocycles. The Morgan fingerprint density at radius 3 is 2.56 bits per heavy atom. The van der Waals surface area contributed by atoms with Gasteiger partial charge in [0.15, 0.2) is 0 Å². The minimum atomic E-state index is -4.74. The van der Waals surface area contributed by atoms with Crippen LogP contribution in [-0.2, 0) is 17.5 Å². The van der Waals surface area contributed by atoms with E-state index in [-0.39, 0.29) is 41.8 Å². The average Bonchev–Trinajstić information content (AvgIpc) is 3.16. The number of hydrogen-bond donors (Lipinski definition) is 2. The van der Waals surface area contributed by atoms with Crippen molar-refractivity contribution in [2.45, 2.75) is 51.6 Å². The molecule has 2 N–H and O–H groups in total. The number of likely N-dealkylation sites (tertiary alicyclic amines) is 1. The van der Waals surface area contributed by atoms with Gasteiger partial charge in [-0.3, -0.25) is 4.79 Å². The lowest BCUT2D eigenvalue weighted by Crippen LogP contribution is -2.32. The number of aromatic nitrogens is 1. The summed E-state index contributed by atoms with van der Waals surface area (Å²) in [5.74, 6) is -0.554. The number of rotatable bonds is 5. The van der Waals surface area contributed by atoms with E-state index in [9.17, 15) is 27.9 Å². The maximum Gasteiger partial charge on any atom is 0.433 e. The summed E-state index contributed by atoms with van der Waals surface area (Å²) in [6.45, 7) is 5.38. The lowest BCUT2D eigenvalue weighted by Gasteiger charge is -2.20.